The fourth-order valence-electron chi connectivity index (χ4n) is 4.41. The van der Waals surface area contributed by atoms with E-state index < -0.39 is 29.8 Å². The van der Waals surface area contributed by atoms with Gasteiger partial charge in [-0.15, -0.1) is 0 Å². The van der Waals surface area contributed by atoms with E-state index in [-0.39, 0.29) is 22.9 Å². The largest absolute Gasteiger partial charge is 0.493 e. The number of amides is 1. The first-order valence-corrected chi connectivity index (χ1v) is 11.5. The maximum absolute atomic E-state index is 14.3. The maximum Gasteiger partial charge on any atom is 0.323 e. The molecule has 1 amide bonds. The number of fused-ring (bicyclic) bond motifs is 1. The van der Waals surface area contributed by atoms with Crippen molar-refractivity contribution in [1.29, 1.82) is 0 Å². The molecule has 1 atom stereocenters. The van der Waals surface area contributed by atoms with Gasteiger partial charge in [-0.3, -0.25) is 9.59 Å². The second kappa shape index (κ2) is 10.1. The highest BCUT2D eigenvalue weighted by molar-refractivity contribution is 6.31. The Morgan fingerprint density at radius 2 is 1.89 bits per heavy atom. The number of halogens is 3. The molecular formula is C27H24ClF2NO5. The SMILES string of the molecule is COc1cc(C(=O)N(CC(=O)O)Cc2ccc(F)cc2Cl)cc2c1OC(C)(Cc1ccccc1F)C2. The maximum atomic E-state index is 14.3. The first kappa shape index (κ1) is 25.4. The standard InChI is InChI=1S/C27H24ClF2NO5/c1-27(12-16-5-3-4-6-22(16)30)13-19-9-18(10-23(35-2)25(19)36-27)26(34)31(15-24(32)33)14-17-7-8-20(29)11-21(17)28/h3-11H,12-15H2,1-2H3,(H,32,33). The summed E-state index contributed by atoms with van der Waals surface area (Å²) in [6.07, 6.45) is 0.686. The molecule has 36 heavy (non-hydrogen) atoms. The molecule has 0 spiro atoms. The van der Waals surface area contributed by atoms with Gasteiger partial charge in [0.15, 0.2) is 11.5 Å². The Morgan fingerprint density at radius 1 is 1.14 bits per heavy atom. The van der Waals surface area contributed by atoms with Crippen molar-refractivity contribution in [2.75, 3.05) is 13.7 Å². The van der Waals surface area contributed by atoms with Crippen molar-refractivity contribution in [3.05, 3.63) is 93.5 Å². The van der Waals surface area contributed by atoms with E-state index in [0.29, 0.717) is 41.0 Å². The number of methoxy groups -OCH3 is 1. The number of carbonyl (C=O) groups is 2. The summed E-state index contributed by atoms with van der Waals surface area (Å²) in [6, 6.07) is 13.3. The molecule has 0 fully saturated rings. The van der Waals surface area contributed by atoms with Crippen LogP contribution in [0.15, 0.2) is 54.6 Å². The third-order valence-electron chi connectivity index (χ3n) is 6.02. The summed E-state index contributed by atoms with van der Waals surface area (Å²) in [5.41, 5.74) is 1.02. The fraction of sp³-hybridized carbons (Fsp3) is 0.259. The van der Waals surface area contributed by atoms with Gasteiger partial charge in [0.25, 0.3) is 5.91 Å². The van der Waals surface area contributed by atoms with Crippen LogP contribution in [0.25, 0.3) is 0 Å². The van der Waals surface area contributed by atoms with Crippen molar-refractivity contribution in [2.45, 2.75) is 31.9 Å². The molecule has 188 valence electrons. The van der Waals surface area contributed by atoms with E-state index in [9.17, 15) is 23.5 Å². The lowest BCUT2D eigenvalue weighted by atomic mass is 9.91. The normalized spacial score (nSPS) is 16.2. The molecule has 1 heterocycles. The van der Waals surface area contributed by atoms with Crippen LogP contribution >= 0.6 is 11.6 Å². The predicted octanol–water partition coefficient (Wildman–Crippen LogP) is 5.29. The smallest absolute Gasteiger partial charge is 0.323 e. The van der Waals surface area contributed by atoms with E-state index in [0.717, 1.165) is 11.0 Å². The van der Waals surface area contributed by atoms with Gasteiger partial charge in [-0.25, -0.2) is 8.78 Å². The monoisotopic (exact) mass is 515 g/mol. The van der Waals surface area contributed by atoms with E-state index in [1.165, 1.54) is 31.4 Å². The van der Waals surface area contributed by atoms with Crippen molar-refractivity contribution < 1.29 is 33.0 Å². The molecule has 4 rings (SSSR count). The lowest BCUT2D eigenvalue weighted by Gasteiger charge is -2.24. The molecule has 1 unspecified atom stereocenters. The second-order valence-corrected chi connectivity index (χ2v) is 9.36. The van der Waals surface area contributed by atoms with Crippen molar-refractivity contribution in [3.8, 4) is 11.5 Å². The molecule has 0 aromatic heterocycles. The van der Waals surface area contributed by atoms with Crippen LogP contribution in [-0.4, -0.2) is 41.1 Å². The minimum atomic E-state index is -1.21. The quantitative estimate of drug-likeness (QED) is 0.441. The number of carbonyl (C=O) groups excluding carboxylic acids is 1. The highest BCUT2D eigenvalue weighted by Crippen LogP contribution is 2.44. The first-order valence-electron chi connectivity index (χ1n) is 11.2. The number of rotatable bonds is 8. The van der Waals surface area contributed by atoms with Gasteiger partial charge in [0, 0.05) is 35.5 Å². The van der Waals surface area contributed by atoms with Gasteiger partial charge < -0.3 is 19.5 Å². The minimum Gasteiger partial charge on any atom is -0.493 e. The van der Waals surface area contributed by atoms with Crippen molar-refractivity contribution in [3.63, 3.8) is 0 Å². The van der Waals surface area contributed by atoms with Crippen molar-refractivity contribution in [2.24, 2.45) is 0 Å². The predicted molar refractivity (Wildman–Crippen MR) is 130 cm³/mol. The number of benzene rings is 3. The van der Waals surface area contributed by atoms with Gasteiger partial charge in [0.1, 0.15) is 23.8 Å². The highest BCUT2D eigenvalue weighted by Gasteiger charge is 2.38. The van der Waals surface area contributed by atoms with E-state index in [1.807, 2.05) is 6.92 Å². The number of hydrogen-bond acceptors (Lipinski definition) is 4. The van der Waals surface area contributed by atoms with Crippen LogP contribution in [0.2, 0.25) is 5.02 Å². The Balaban J connectivity index is 1.63. The summed E-state index contributed by atoms with van der Waals surface area (Å²) in [4.78, 5) is 26.0. The molecule has 0 radical (unpaired) electrons. The molecule has 0 saturated heterocycles. The van der Waals surface area contributed by atoms with Gasteiger partial charge >= 0.3 is 5.97 Å². The number of ether oxygens (including phenoxy) is 2. The Hall–Kier alpha value is -3.65. The molecule has 3 aromatic carbocycles. The zero-order chi connectivity index (χ0) is 26.0. The molecule has 1 aliphatic heterocycles. The van der Waals surface area contributed by atoms with Crippen LogP contribution in [0.1, 0.15) is 34.0 Å². The number of nitrogens with zero attached hydrogens (tertiary/aromatic N) is 1. The fourth-order valence-corrected chi connectivity index (χ4v) is 4.64. The topological polar surface area (TPSA) is 76.1 Å². The Morgan fingerprint density at radius 3 is 2.56 bits per heavy atom. The van der Waals surface area contributed by atoms with Crippen LogP contribution in [0.5, 0.6) is 11.5 Å². The van der Waals surface area contributed by atoms with Crippen LogP contribution in [0.3, 0.4) is 0 Å². The third-order valence-corrected chi connectivity index (χ3v) is 6.38. The van der Waals surface area contributed by atoms with Crippen LogP contribution < -0.4 is 9.47 Å². The minimum absolute atomic E-state index is 0.0852. The summed E-state index contributed by atoms with van der Waals surface area (Å²) in [5.74, 6) is -1.88. The van der Waals surface area contributed by atoms with Gasteiger partial charge in [-0.05, 0) is 48.4 Å². The van der Waals surface area contributed by atoms with E-state index in [1.54, 1.807) is 24.3 Å². The van der Waals surface area contributed by atoms with Gasteiger partial charge in [0.05, 0.1) is 7.11 Å². The average molecular weight is 516 g/mol. The molecule has 1 aliphatic rings. The number of aliphatic carboxylic acids is 1. The van der Waals surface area contributed by atoms with Crippen molar-refractivity contribution >= 4 is 23.5 Å². The summed E-state index contributed by atoms with van der Waals surface area (Å²) >= 11 is 6.11. The molecule has 6 nitrogen and oxygen atoms in total. The number of carboxylic acid groups (broad SMARTS) is 1. The van der Waals surface area contributed by atoms with E-state index >= 15 is 0 Å². The lowest BCUT2D eigenvalue weighted by molar-refractivity contribution is -0.137. The summed E-state index contributed by atoms with van der Waals surface area (Å²) in [5, 5.41) is 9.48. The van der Waals surface area contributed by atoms with E-state index in [2.05, 4.69) is 0 Å². The Labute approximate surface area is 212 Å². The molecule has 3 aromatic rings. The van der Waals surface area contributed by atoms with E-state index in [4.69, 9.17) is 21.1 Å². The molecule has 1 N–H and O–H groups in total. The Bertz CT molecular complexity index is 1330. The highest BCUT2D eigenvalue weighted by atomic mass is 35.5. The average Bonchev–Trinajstić information content (AvgIpc) is 3.16. The third kappa shape index (κ3) is 5.44. The zero-order valence-corrected chi connectivity index (χ0v) is 20.4. The molecular weight excluding hydrogens is 492 g/mol. The van der Waals surface area contributed by atoms with Gasteiger partial charge in [-0.2, -0.15) is 0 Å². The summed E-state index contributed by atoms with van der Waals surface area (Å²) in [6.45, 7) is 1.13. The van der Waals surface area contributed by atoms with Crippen LogP contribution in [-0.2, 0) is 24.2 Å². The molecule has 0 saturated carbocycles. The second-order valence-electron chi connectivity index (χ2n) is 8.95. The molecule has 9 heteroatoms. The lowest BCUT2D eigenvalue weighted by Crippen LogP contribution is -2.35. The van der Waals surface area contributed by atoms with Gasteiger partial charge in [0.2, 0.25) is 0 Å². The number of hydrogen-bond donors (Lipinski definition) is 1. The van der Waals surface area contributed by atoms with Crippen molar-refractivity contribution in [1.82, 2.24) is 4.90 Å². The summed E-state index contributed by atoms with van der Waals surface area (Å²) < 4.78 is 39.4. The molecule has 0 aliphatic carbocycles. The Kier molecular flexibility index (Phi) is 7.17. The molecule has 0 bridgehead atoms. The first-order chi connectivity index (χ1) is 17.1. The summed E-state index contributed by atoms with van der Waals surface area (Å²) in [7, 11) is 1.44. The zero-order valence-electron chi connectivity index (χ0n) is 19.7. The van der Waals surface area contributed by atoms with Crippen LogP contribution in [0.4, 0.5) is 8.78 Å². The van der Waals surface area contributed by atoms with Crippen LogP contribution in [0, 0.1) is 11.6 Å². The van der Waals surface area contributed by atoms with Gasteiger partial charge in [-0.1, -0.05) is 35.9 Å². The number of carboxylic acids is 1.